The summed E-state index contributed by atoms with van der Waals surface area (Å²) < 4.78 is 0. The number of piperidine rings is 1. The summed E-state index contributed by atoms with van der Waals surface area (Å²) in [6, 6.07) is 3.22. The van der Waals surface area contributed by atoms with Crippen LogP contribution in [0.1, 0.15) is 36.7 Å². The minimum Gasteiger partial charge on any atom is -0.481 e. The molecule has 0 aliphatic carbocycles. The summed E-state index contributed by atoms with van der Waals surface area (Å²) in [4.78, 5) is 24.3. The third-order valence-corrected chi connectivity index (χ3v) is 4.08. The number of aliphatic carboxylic acids is 1. The van der Waals surface area contributed by atoms with E-state index < -0.39 is 17.3 Å². The molecule has 20 heavy (non-hydrogen) atoms. The van der Waals surface area contributed by atoms with E-state index in [0.29, 0.717) is 38.2 Å². The molecule has 3 N–H and O–H groups in total. The lowest BCUT2D eigenvalue weighted by Crippen LogP contribution is -2.44. The molecule has 0 saturated carbocycles. The van der Waals surface area contributed by atoms with Gasteiger partial charge in [0.2, 0.25) is 0 Å². The highest BCUT2D eigenvalue weighted by Crippen LogP contribution is 2.36. The molecule has 0 atom stereocenters. The van der Waals surface area contributed by atoms with Gasteiger partial charge in [-0.1, -0.05) is 6.92 Å². The first-order valence-electron chi connectivity index (χ1n) is 6.60. The fraction of sp³-hybridized carbons (Fsp3) is 0.538. The van der Waals surface area contributed by atoms with E-state index in [4.69, 9.17) is 5.73 Å². The molecule has 0 aromatic carbocycles. The van der Waals surface area contributed by atoms with Gasteiger partial charge in [-0.25, -0.2) is 0 Å². The van der Waals surface area contributed by atoms with Crippen LogP contribution in [-0.2, 0) is 4.79 Å². The molecule has 0 bridgehead atoms. The van der Waals surface area contributed by atoms with Crippen LogP contribution in [0.4, 0.5) is 5.82 Å². The first kappa shape index (κ1) is 14.2. The monoisotopic (exact) mass is 278 g/mol. The van der Waals surface area contributed by atoms with Crippen molar-refractivity contribution in [2.75, 3.05) is 18.0 Å². The summed E-state index contributed by atoms with van der Waals surface area (Å²) in [7, 11) is 0. The van der Waals surface area contributed by atoms with Gasteiger partial charge in [0, 0.05) is 13.1 Å². The number of amides is 1. The fourth-order valence-electron chi connectivity index (χ4n) is 2.51. The number of hydrogen-bond acceptors (Lipinski definition) is 5. The minimum atomic E-state index is -0.727. The Bertz CT molecular complexity index is 507. The van der Waals surface area contributed by atoms with Crippen molar-refractivity contribution in [1.29, 1.82) is 0 Å². The van der Waals surface area contributed by atoms with Crippen molar-refractivity contribution in [3.63, 3.8) is 0 Å². The zero-order valence-corrected chi connectivity index (χ0v) is 11.4. The number of carboxylic acids is 1. The third kappa shape index (κ3) is 2.56. The standard InChI is InChI=1S/C13H18N4O3/c1-2-13(12(19)20)5-7-17(8-6-13)10-4-3-9(11(14)18)15-16-10/h3-4H,2,5-8H2,1H3,(H2,14,18)(H,19,20). The van der Waals surface area contributed by atoms with E-state index in [1.807, 2.05) is 11.8 Å². The van der Waals surface area contributed by atoms with Crippen molar-refractivity contribution < 1.29 is 14.7 Å². The second-order valence-electron chi connectivity index (χ2n) is 5.07. The smallest absolute Gasteiger partial charge is 0.309 e. The van der Waals surface area contributed by atoms with Crippen LogP contribution in [0.5, 0.6) is 0 Å². The van der Waals surface area contributed by atoms with Gasteiger partial charge >= 0.3 is 5.97 Å². The summed E-state index contributed by atoms with van der Waals surface area (Å²) in [5.74, 6) is -0.696. The average Bonchev–Trinajstić information content (AvgIpc) is 2.47. The number of aromatic nitrogens is 2. The number of carbonyl (C=O) groups excluding carboxylic acids is 1. The maximum atomic E-state index is 11.4. The Morgan fingerprint density at radius 2 is 2.00 bits per heavy atom. The number of primary amides is 1. The summed E-state index contributed by atoms with van der Waals surface area (Å²) in [5, 5.41) is 17.1. The van der Waals surface area contributed by atoms with E-state index in [0.717, 1.165) is 0 Å². The summed E-state index contributed by atoms with van der Waals surface area (Å²) >= 11 is 0. The van der Waals surface area contributed by atoms with Crippen molar-refractivity contribution in [3.8, 4) is 0 Å². The molecule has 1 saturated heterocycles. The normalized spacial score (nSPS) is 17.8. The van der Waals surface area contributed by atoms with E-state index in [9.17, 15) is 14.7 Å². The maximum absolute atomic E-state index is 11.4. The van der Waals surface area contributed by atoms with E-state index >= 15 is 0 Å². The molecule has 7 nitrogen and oxygen atoms in total. The van der Waals surface area contributed by atoms with Gasteiger partial charge in [-0.2, -0.15) is 0 Å². The molecule has 108 valence electrons. The highest BCUT2D eigenvalue weighted by Gasteiger charge is 2.40. The van der Waals surface area contributed by atoms with Crippen LogP contribution in [-0.4, -0.2) is 40.3 Å². The Kier molecular flexibility index (Phi) is 3.87. The molecule has 1 aliphatic heterocycles. The van der Waals surface area contributed by atoms with Crippen LogP contribution in [0.25, 0.3) is 0 Å². The third-order valence-electron chi connectivity index (χ3n) is 4.08. The number of hydrogen-bond donors (Lipinski definition) is 2. The number of rotatable bonds is 4. The second kappa shape index (κ2) is 5.44. The first-order chi connectivity index (χ1) is 9.48. The summed E-state index contributed by atoms with van der Waals surface area (Å²) in [6.07, 6.45) is 1.79. The molecule has 1 aromatic heterocycles. The number of nitrogens with zero attached hydrogens (tertiary/aromatic N) is 3. The van der Waals surface area contributed by atoms with Crippen LogP contribution in [0.3, 0.4) is 0 Å². The fourth-order valence-corrected chi connectivity index (χ4v) is 2.51. The van der Waals surface area contributed by atoms with Gasteiger partial charge in [0.25, 0.3) is 5.91 Å². The van der Waals surface area contributed by atoms with Crippen molar-refractivity contribution in [3.05, 3.63) is 17.8 Å². The lowest BCUT2D eigenvalue weighted by Gasteiger charge is -2.38. The minimum absolute atomic E-state index is 0.124. The highest BCUT2D eigenvalue weighted by atomic mass is 16.4. The summed E-state index contributed by atoms with van der Waals surface area (Å²) in [5.41, 5.74) is 4.61. The molecule has 0 unspecified atom stereocenters. The second-order valence-corrected chi connectivity index (χ2v) is 5.07. The molecular formula is C13H18N4O3. The molecule has 0 spiro atoms. The van der Waals surface area contributed by atoms with Crippen molar-refractivity contribution in [2.24, 2.45) is 11.1 Å². The van der Waals surface area contributed by atoms with Crippen LogP contribution >= 0.6 is 0 Å². The van der Waals surface area contributed by atoms with Crippen molar-refractivity contribution in [1.82, 2.24) is 10.2 Å². The number of carbonyl (C=O) groups is 2. The Hall–Kier alpha value is -2.18. The van der Waals surface area contributed by atoms with Gasteiger partial charge in [-0.3, -0.25) is 9.59 Å². The van der Waals surface area contributed by atoms with Gasteiger partial charge < -0.3 is 15.7 Å². The van der Waals surface area contributed by atoms with E-state index in [2.05, 4.69) is 10.2 Å². The van der Waals surface area contributed by atoms with Crippen molar-refractivity contribution in [2.45, 2.75) is 26.2 Å². The lowest BCUT2D eigenvalue weighted by molar-refractivity contribution is -0.150. The zero-order valence-electron chi connectivity index (χ0n) is 11.4. The maximum Gasteiger partial charge on any atom is 0.309 e. The van der Waals surface area contributed by atoms with Gasteiger partial charge in [-0.15, -0.1) is 10.2 Å². The Morgan fingerprint density at radius 1 is 1.35 bits per heavy atom. The predicted octanol–water partition coefficient (Wildman–Crippen LogP) is 0.657. The highest BCUT2D eigenvalue weighted by molar-refractivity contribution is 5.90. The van der Waals surface area contributed by atoms with Crippen LogP contribution in [0.2, 0.25) is 0 Å². The molecule has 7 heteroatoms. The number of anilines is 1. The molecule has 1 fully saturated rings. The van der Waals surface area contributed by atoms with Gasteiger partial charge in [0.05, 0.1) is 5.41 Å². The van der Waals surface area contributed by atoms with Crippen molar-refractivity contribution >= 4 is 17.7 Å². The Morgan fingerprint density at radius 3 is 2.40 bits per heavy atom. The predicted molar refractivity (Wildman–Crippen MR) is 72.4 cm³/mol. The van der Waals surface area contributed by atoms with E-state index in [1.165, 1.54) is 6.07 Å². The zero-order chi connectivity index (χ0) is 14.8. The average molecular weight is 278 g/mol. The molecule has 2 rings (SSSR count). The molecule has 1 aromatic rings. The molecule has 1 aliphatic rings. The number of carboxylic acid groups (broad SMARTS) is 1. The Balaban J connectivity index is 2.07. The van der Waals surface area contributed by atoms with E-state index in [-0.39, 0.29) is 5.69 Å². The number of nitrogens with two attached hydrogens (primary N) is 1. The van der Waals surface area contributed by atoms with Crippen LogP contribution in [0, 0.1) is 5.41 Å². The lowest BCUT2D eigenvalue weighted by atomic mass is 9.76. The largest absolute Gasteiger partial charge is 0.481 e. The first-order valence-corrected chi connectivity index (χ1v) is 6.60. The van der Waals surface area contributed by atoms with Crippen LogP contribution < -0.4 is 10.6 Å². The van der Waals surface area contributed by atoms with Gasteiger partial charge in [0.1, 0.15) is 0 Å². The molecule has 1 amide bonds. The quantitative estimate of drug-likeness (QED) is 0.837. The van der Waals surface area contributed by atoms with Gasteiger partial charge in [-0.05, 0) is 31.4 Å². The van der Waals surface area contributed by atoms with E-state index in [1.54, 1.807) is 6.07 Å². The van der Waals surface area contributed by atoms with Gasteiger partial charge in [0.15, 0.2) is 11.5 Å². The SMILES string of the molecule is CCC1(C(=O)O)CCN(c2ccc(C(N)=O)nn2)CC1. The molecular weight excluding hydrogens is 260 g/mol. The summed E-state index contributed by atoms with van der Waals surface area (Å²) in [6.45, 7) is 3.14. The topological polar surface area (TPSA) is 109 Å². The molecule has 0 radical (unpaired) electrons. The van der Waals surface area contributed by atoms with Crippen LogP contribution in [0.15, 0.2) is 12.1 Å². The molecule has 2 heterocycles. The Labute approximate surface area is 116 Å².